The Morgan fingerprint density at radius 2 is 2.00 bits per heavy atom. The summed E-state index contributed by atoms with van der Waals surface area (Å²) >= 11 is 3.00. The van der Waals surface area contributed by atoms with Crippen molar-refractivity contribution >= 4 is 45.7 Å². The quantitative estimate of drug-likeness (QED) is 0.299. The van der Waals surface area contributed by atoms with Crippen LogP contribution in [0.1, 0.15) is 26.8 Å². The number of ether oxygens (including phenoxy) is 2. The van der Waals surface area contributed by atoms with Gasteiger partial charge >= 0.3 is 0 Å². The van der Waals surface area contributed by atoms with E-state index in [1.807, 2.05) is 41.8 Å². The highest BCUT2D eigenvalue weighted by atomic mass is 32.1. The maximum absolute atomic E-state index is 13.0. The van der Waals surface area contributed by atoms with Crippen LogP contribution in [0.3, 0.4) is 0 Å². The van der Waals surface area contributed by atoms with Crippen molar-refractivity contribution in [3.05, 3.63) is 75.6 Å². The molecule has 184 valence electrons. The summed E-state index contributed by atoms with van der Waals surface area (Å²) in [5.41, 5.74) is 8.98. The van der Waals surface area contributed by atoms with Gasteiger partial charge in [-0.25, -0.2) is 4.98 Å². The minimum atomic E-state index is -0.298. The van der Waals surface area contributed by atoms with Crippen LogP contribution in [-0.2, 0) is 17.6 Å². The molecule has 0 aliphatic heterocycles. The molecule has 0 saturated carbocycles. The van der Waals surface area contributed by atoms with Crippen molar-refractivity contribution in [1.29, 1.82) is 0 Å². The van der Waals surface area contributed by atoms with Gasteiger partial charge < -0.3 is 20.5 Å². The Hall–Kier alpha value is -3.69. The standard InChI is InChI=1S/C27H25N3O4S2/c1-33-18-4-2-5-19(14-18)34-15-23(31)16-8-10-25-22(12-16)30-27(36-25)26(32)29-21-13-17(7-9-20(21)28)24-6-3-11-35-24/h2-7,9,11,13-14,16H,8,10,12,15,28H2,1H3,(H,29,32). The first-order valence-electron chi connectivity index (χ1n) is 11.5. The SMILES string of the molecule is COc1cccc(OCC(=O)C2CCc3sc(C(=O)Nc4cc(-c5cccs5)ccc4N)nc3C2)c1. The molecule has 7 nitrogen and oxygen atoms in total. The molecule has 36 heavy (non-hydrogen) atoms. The zero-order valence-corrected chi connectivity index (χ0v) is 21.3. The molecule has 2 aromatic carbocycles. The topological polar surface area (TPSA) is 104 Å². The third kappa shape index (κ3) is 5.27. The molecule has 4 aromatic rings. The molecule has 1 unspecified atom stereocenters. The van der Waals surface area contributed by atoms with Crippen LogP contribution in [-0.4, -0.2) is 30.4 Å². The predicted octanol–water partition coefficient (Wildman–Crippen LogP) is 5.47. The first-order valence-corrected chi connectivity index (χ1v) is 13.2. The van der Waals surface area contributed by atoms with E-state index in [-0.39, 0.29) is 24.2 Å². The van der Waals surface area contributed by atoms with E-state index in [1.165, 1.54) is 11.3 Å². The molecular formula is C27H25N3O4S2. The van der Waals surface area contributed by atoms with E-state index < -0.39 is 0 Å². The number of aryl methyl sites for hydroxylation is 1. The molecule has 2 heterocycles. The summed E-state index contributed by atoms with van der Waals surface area (Å²) in [6, 6.07) is 16.8. The number of methoxy groups -OCH3 is 1. The highest BCUT2D eigenvalue weighted by molar-refractivity contribution is 7.14. The number of hydrogen-bond acceptors (Lipinski definition) is 8. The minimum absolute atomic E-state index is 0.00942. The summed E-state index contributed by atoms with van der Waals surface area (Å²) in [6.45, 7) is -0.00942. The van der Waals surface area contributed by atoms with E-state index in [9.17, 15) is 9.59 Å². The molecule has 0 bridgehead atoms. The monoisotopic (exact) mass is 519 g/mol. The van der Waals surface area contributed by atoms with Gasteiger partial charge in [0.15, 0.2) is 10.8 Å². The number of nitrogens with zero attached hydrogens (tertiary/aromatic N) is 1. The van der Waals surface area contributed by atoms with Crippen LogP contribution >= 0.6 is 22.7 Å². The van der Waals surface area contributed by atoms with Gasteiger partial charge in [0, 0.05) is 28.2 Å². The number of nitrogens with two attached hydrogens (primary N) is 1. The maximum atomic E-state index is 13.0. The molecule has 5 rings (SSSR count). The van der Waals surface area contributed by atoms with Crippen molar-refractivity contribution in [3.63, 3.8) is 0 Å². The molecule has 1 aliphatic rings. The first kappa shape index (κ1) is 24.0. The number of carbonyl (C=O) groups excluding carboxylic acids is 2. The number of Topliss-reactive ketones (excluding diaryl/α,β-unsaturated/α-hetero) is 1. The van der Waals surface area contributed by atoms with Crippen molar-refractivity contribution in [2.75, 3.05) is 24.8 Å². The first-order chi connectivity index (χ1) is 17.5. The van der Waals surface area contributed by atoms with Crippen molar-refractivity contribution in [2.45, 2.75) is 19.3 Å². The second-order valence-corrected chi connectivity index (χ2v) is 10.5. The molecule has 0 saturated heterocycles. The van der Waals surface area contributed by atoms with Crippen LogP contribution in [0.15, 0.2) is 60.0 Å². The number of ketones is 1. The number of aromatic nitrogens is 1. The lowest BCUT2D eigenvalue weighted by molar-refractivity contribution is -0.125. The maximum Gasteiger partial charge on any atom is 0.284 e. The number of anilines is 2. The molecular weight excluding hydrogens is 494 g/mol. The van der Waals surface area contributed by atoms with Crippen molar-refractivity contribution in [3.8, 4) is 21.9 Å². The average Bonchev–Trinajstić information content (AvgIpc) is 3.59. The molecule has 1 aliphatic carbocycles. The summed E-state index contributed by atoms with van der Waals surface area (Å²) in [6.07, 6.45) is 1.94. The average molecular weight is 520 g/mol. The van der Waals surface area contributed by atoms with Gasteiger partial charge in [-0.3, -0.25) is 9.59 Å². The lowest BCUT2D eigenvalue weighted by Crippen LogP contribution is -2.27. The van der Waals surface area contributed by atoms with Crippen molar-refractivity contribution < 1.29 is 19.1 Å². The van der Waals surface area contributed by atoms with Gasteiger partial charge in [-0.15, -0.1) is 22.7 Å². The number of fused-ring (bicyclic) bond motifs is 1. The third-order valence-corrected chi connectivity index (χ3v) is 8.19. The van der Waals surface area contributed by atoms with Gasteiger partial charge in [0.2, 0.25) is 0 Å². The lowest BCUT2D eigenvalue weighted by Gasteiger charge is -2.20. The molecule has 1 atom stereocenters. The Morgan fingerprint density at radius 1 is 1.14 bits per heavy atom. The third-order valence-electron chi connectivity index (χ3n) is 6.12. The van der Waals surface area contributed by atoms with E-state index in [0.29, 0.717) is 47.1 Å². The van der Waals surface area contributed by atoms with Crippen LogP contribution in [0.5, 0.6) is 11.5 Å². The molecule has 0 fully saturated rings. The number of amides is 1. The molecule has 9 heteroatoms. The number of thiophene rings is 1. The van der Waals surface area contributed by atoms with Crippen LogP contribution in [0, 0.1) is 5.92 Å². The largest absolute Gasteiger partial charge is 0.497 e. The van der Waals surface area contributed by atoms with Crippen LogP contribution < -0.4 is 20.5 Å². The van der Waals surface area contributed by atoms with Crippen LogP contribution in [0.25, 0.3) is 10.4 Å². The fourth-order valence-electron chi connectivity index (χ4n) is 4.15. The summed E-state index contributed by atoms with van der Waals surface area (Å²) in [7, 11) is 1.59. The molecule has 0 spiro atoms. The van der Waals surface area contributed by atoms with Gasteiger partial charge in [0.25, 0.3) is 5.91 Å². The smallest absolute Gasteiger partial charge is 0.284 e. The zero-order valence-electron chi connectivity index (χ0n) is 19.7. The Labute approximate surface area is 216 Å². The fourth-order valence-corrected chi connectivity index (χ4v) is 5.87. The number of rotatable bonds is 8. The van der Waals surface area contributed by atoms with Gasteiger partial charge in [0.05, 0.1) is 24.2 Å². The minimum Gasteiger partial charge on any atom is -0.497 e. The second-order valence-electron chi connectivity index (χ2n) is 8.50. The highest BCUT2D eigenvalue weighted by Crippen LogP contribution is 2.33. The second kappa shape index (κ2) is 10.5. The van der Waals surface area contributed by atoms with Crippen molar-refractivity contribution in [1.82, 2.24) is 4.98 Å². The number of benzene rings is 2. The van der Waals surface area contributed by atoms with Gasteiger partial charge in [-0.05, 0) is 54.1 Å². The molecule has 2 aromatic heterocycles. The number of hydrogen-bond donors (Lipinski definition) is 2. The highest BCUT2D eigenvalue weighted by Gasteiger charge is 2.29. The fraction of sp³-hybridized carbons (Fsp3) is 0.222. The Balaban J connectivity index is 1.23. The normalized spacial score (nSPS) is 14.6. The van der Waals surface area contributed by atoms with Crippen LogP contribution in [0.4, 0.5) is 11.4 Å². The van der Waals surface area contributed by atoms with Crippen molar-refractivity contribution in [2.24, 2.45) is 5.92 Å². The van der Waals surface area contributed by atoms with E-state index in [0.717, 1.165) is 21.0 Å². The summed E-state index contributed by atoms with van der Waals surface area (Å²) in [5.74, 6) is 0.818. The van der Waals surface area contributed by atoms with E-state index in [2.05, 4.69) is 10.3 Å². The number of nitrogen functional groups attached to an aromatic ring is 1. The Morgan fingerprint density at radius 3 is 2.81 bits per heavy atom. The van der Waals surface area contributed by atoms with E-state index in [4.69, 9.17) is 15.2 Å². The lowest BCUT2D eigenvalue weighted by atomic mass is 9.88. The van der Waals surface area contributed by atoms with Crippen LogP contribution in [0.2, 0.25) is 0 Å². The number of carbonyl (C=O) groups is 2. The van der Waals surface area contributed by atoms with Gasteiger partial charge in [-0.1, -0.05) is 18.2 Å². The molecule has 1 amide bonds. The molecule has 3 N–H and O–H groups in total. The number of nitrogens with one attached hydrogen (secondary N) is 1. The Bertz CT molecular complexity index is 1400. The Kier molecular flexibility index (Phi) is 7.02. The summed E-state index contributed by atoms with van der Waals surface area (Å²) in [4.78, 5) is 32.5. The van der Waals surface area contributed by atoms with E-state index >= 15 is 0 Å². The summed E-state index contributed by atoms with van der Waals surface area (Å²) < 4.78 is 10.9. The van der Waals surface area contributed by atoms with Gasteiger partial charge in [-0.2, -0.15) is 0 Å². The summed E-state index contributed by atoms with van der Waals surface area (Å²) in [5, 5.41) is 5.29. The molecule has 0 radical (unpaired) electrons. The van der Waals surface area contributed by atoms with Gasteiger partial charge in [0.1, 0.15) is 18.1 Å². The number of thiazole rings is 1. The predicted molar refractivity (Wildman–Crippen MR) is 143 cm³/mol. The zero-order chi connectivity index (χ0) is 25.1. The van der Waals surface area contributed by atoms with E-state index in [1.54, 1.807) is 36.6 Å².